The van der Waals surface area contributed by atoms with Crippen molar-refractivity contribution < 1.29 is 19.0 Å². The van der Waals surface area contributed by atoms with Gasteiger partial charge in [0.05, 0.1) is 20.5 Å². The van der Waals surface area contributed by atoms with Gasteiger partial charge in [0.25, 0.3) is 0 Å². The van der Waals surface area contributed by atoms with Crippen LogP contribution in [0.15, 0.2) is 83.0 Å². The first-order valence-corrected chi connectivity index (χ1v) is 9.16. The van der Waals surface area contributed by atoms with Crippen molar-refractivity contribution >= 4 is 23.3 Å². The van der Waals surface area contributed by atoms with E-state index >= 15 is 0 Å². The summed E-state index contributed by atoms with van der Waals surface area (Å²) in [5.41, 5.74) is 1.07. The molecule has 0 atom stereocenters. The van der Waals surface area contributed by atoms with Crippen LogP contribution in [-0.4, -0.2) is 30.2 Å². The Balaban J connectivity index is 1.87. The summed E-state index contributed by atoms with van der Waals surface area (Å²) in [6.07, 6.45) is 4.62. The van der Waals surface area contributed by atoms with Gasteiger partial charge in [-0.05, 0) is 30.3 Å². The van der Waals surface area contributed by atoms with Crippen LogP contribution in [0.3, 0.4) is 0 Å². The molecule has 28 heavy (non-hydrogen) atoms. The fourth-order valence-electron chi connectivity index (χ4n) is 2.40. The Hall–Kier alpha value is -3.32. The molecule has 1 aromatic heterocycles. The van der Waals surface area contributed by atoms with Crippen molar-refractivity contribution in [2.45, 2.75) is 9.79 Å². The molecule has 6 nitrogen and oxygen atoms in total. The lowest BCUT2D eigenvalue weighted by atomic mass is 10.1. The topological polar surface area (TPSA) is 70.5 Å². The second kappa shape index (κ2) is 9.57. The molecule has 1 heterocycles. The molecule has 0 aliphatic heterocycles. The summed E-state index contributed by atoms with van der Waals surface area (Å²) in [4.78, 5) is 22.1. The van der Waals surface area contributed by atoms with Gasteiger partial charge in [-0.2, -0.15) is 0 Å². The number of aromatic nitrogens is 2. The van der Waals surface area contributed by atoms with Crippen molar-refractivity contribution in [3.63, 3.8) is 0 Å². The summed E-state index contributed by atoms with van der Waals surface area (Å²) in [5, 5.41) is 0. The first kappa shape index (κ1) is 19.4. The first-order chi connectivity index (χ1) is 13.7. The molecule has 0 aliphatic carbocycles. The zero-order valence-corrected chi connectivity index (χ0v) is 16.2. The zero-order chi connectivity index (χ0) is 19.8. The third-order valence-corrected chi connectivity index (χ3v) is 4.67. The minimum atomic E-state index is -0.465. The molecule has 142 valence electrons. The summed E-state index contributed by atoms with van der Waals surface area (Å²) < 4.78 is 15.6. The van der Waals surface area contributed by atoms with E-state index in [0.29, 0.717) is 11.3 Å². The van der Waals surface area contributed by atoms with Gasteiger partial charge < -0.3 is 14.2 Å². The number of methoxy groups -OCH3 is 2. The summed E-state index contributed by atoms with van der Waals surface area (Å²) in [6, 6.07) is 17.1. The molecule has 0 saturated heterocycles. The molecule has 0 N–H and O–H groups in total. The molecular formula is C21H18N2O4S. The van der Waals surface area contributed by atoms with Crippen LogP contribution in [0.2, 0.25) is 0 Å². The molecular weight excluding hydrogens is 376 g/mol. The number of hydrogen-bond acceptors (Lipinski definition) is 7. The van der Waals surface area contributed by atoms with Crippen LogP contribution >= 0.6 is 11.8 Å². The van der Waals surface area contributed by atoms with Crippen LogP contribution in [0.5, 0.6) is 11.8 Å². The summed E-state index contributed by atoms with van der Waals surface area (Å²) in [7, 11) is 2.83. The molecule has 0 amide bonds. The Labute approximate surface area is 167 Å². The van der Waals surface area contributed by atoms with Crippen molar-refractivity contribution in [3.8, 4) is 11.8 Å². The fourth-order valence-corrected chi connectivity index (χ4v) is 3.41. The molecule has 0 spiro atoms. The third-order valence-electron chi connectivity index (χ3n) is 3.60. The van der Waals surface area contributed by atoms with E-state index in [0.717, 1.165) is 15.4 Å². The highest BCUT2D eigenvalue weighted by atomic mass is 32.2. The Morgan fingerprint density at radius 3 is 2.54 bits per heavy atom. The lowest BCUT2D eigenvalue weighted by Crippen LogP contribution is -2.05. The number of hydrogen-bond donors (Lipinski definition) is 0. The van der Waals surface area contributed by atoms with E-state index in [2.05, 4.69) is 9.97 Å². The Kier molecular flexibility index (Phi) is 6.64. The van der Waals surface area contributed by atoms with Gasteiger partial charge in [0.1, 0.15) is 11.3 Å². The molecule has 3 aromatic rings. The maximum Gasteiger partial charge on any atom is 0.341 e. The number of carbonyl (C=O) groups is 1. The fraction of sp³-hybridized carbons (Fsp3) is 0.0952. The number of esters is 1. The molecule has 0 radical (unpaired) electrons. The second-order valence-electron chi connectivity index (χ2n) is 5.47. The van der Waals surface area contributed by atoms with Gasteiger partial charge in [-0.1, -0.05) is 36.0 Å². The zero-order valence-electron chi connectivity index (χ0n) is 15.4. The average Bonchev–Trinajstić information content (AvgIpc) is 2.73. The highest BCUT2D eigenvalue weighted by Gasteiger charge is 2.17. The number of nitrogens with zero attached hydrogens (tertiary/aromatic N) is 2. The molecule has 3 rings (SSSR count). The van der Waals surface area contributed by atoms with Crippen molar-refractivity contribution in [1.82, 2.24) is 9.97 Å². The minimum Gasteiger partial charge on any atom is -0.503 e. The van der Waals surface area contributed by atoms with Crippen LogP contribution in [0.4, 0.5) is 0 Å². The quantitative estimate of drug-likeness (QED) is 0.330. The average molecular weight is 394 g/mol. The Morgan fingerprint density at radius 1 is 1.00 bits per heavy atom. The molecule has 0 fully saturated rings. The van der Waals surface area contributed by atoms with E-state index < -0.39 is 5.97 Å². The Bertz CT molecular complexity index is 977. The highest BCUT2D eigenvalue weighted by Crippen LogP contribution is 2.36. The summed E-state index contributed by atoms with van der Waals surface area (Å²) in [5.74, 6) is 0.155. The van der Waals surface area contributed by atoms with E-state index in [9.17, 15) is 4.79 Å². The number of benzene rings is 2. The maximum absolute atomic E-state index is 12.2. The van der Waals surface area contributed by atoms with E-state index in [1.807, 2.05) is 48.5 Å². The largest absolute Gasteiger partial charge is 0.503 e. The SMILES string of the molecule is COC=C(C(=O)OC)c1ccccc1Sc1cccc(Oc2ncccn2)c1. The maximum atomic E-state index is 12.2. The molecule has 2 aromatic carbocycles. The molecule has 0 saturated carbocycles. The smallest absolute Gasteiger partial charge is 0.341 e. The lowest BCUT2D eigenvalue weighted by Gasteiger charge is -2.12. The van der Waals surface area contributed by atoms with Gasteiger partial charge in [0.2, 0.25) is 0 Å². The van der Waals surface area contributed by atoms with Gasteiger partial charge >= 0.3 is 12.0 Å². The van der Waals surface area contributed by atoms with E-state index in [-0.39, 0.29) is 6.01 Å². The molecule has 0 aliphatic rings. The highest BCUT2D eigenvalue weighted by molar-refractivity contribution is 7.99. The summed E-state index contributed by atoms with van der Waals surface area (Å²) in [6.45, 7) is 0. The van der Waals surface area contributed by atoms with Crippen LogP contribution in [-0.2, 0) is 14.3 Å². The van der Waals surface area contributed by atoms with Gasteiger partial charge in [0.15, 0.2) is 0 Å². The van der Waals surface area contributed by atoms with E-state index in [4.69, 9.17) is 14.2 Å². The van der Waals surface area contributed by atoms with Crippen molar-refractivity contribution in [2.24, 2.45) is 0 Å². The Morgan fingerprint density at radius 2 is 1.79 bits per heavy atom. The summed E-state index contributed by atoms with van der Waals surface area (Å²) >= 11 is 1.50. The van der Waals surface area contributed by atoms with Crippen LogP contribution in [0.1, 0.15) is 5.56 Å². The van der Waals surface area contributed by atoms with Gasteiger partial charge in [0, 0.05) is 27.7 Å². The van der Waals surface area contributed by atoms with Crippen molar-refractivity contribution in [3.05, 3.63) is 78.8 Å². The van der Waals surface area contributed by atoms with E-state index in [1.54, 1.807) is 18.5 Å². The lowest BCUT2D eigenvalue weighted by molar-refractivity contribution is -0.133. The van der Waals surface area contributed by atoms with E-state index in [1.165, 1.54) is 32.2 Å². The van der Waals surface area contributed by atoms with Crippen molar-refractivity contribution in [1.29, 1.82) is 0 Å². The standard InChI is InChI=1S/C21H18N2O4S/c1-25-14-18(20(24)26-2)17-9-3-4-10-19(17)28-16-8-5-7-15(13-16)27-21-22-11-6-12-23-21/h3-14H,1-2H3. The van der Waals surface area contributed by atoms with Gasteiger partial charge in [-0.25, -0.2) is 14.8 Å². The first-order valence-electron chi connectivity index (χ1n) is 8.34. The predicted molar refractivity (Wildman–Crippen MR) is 106 cm³/mol. The van der Waals surface area contributed by atoms with Crippen LogP contribution in [0, 0.1) is 0 Å². The van der Waals surface area contributed by atoms with Crippen molar-refractivity contribution in [2.75, 3.05) is 14.2 Å². The van der Waals surface area contributed by atoms with Gasteiger partial charge in [-0.3, -0.25) is 0 Å². The molecule has 7 heteroatoms. The second-order valence-corrected chi connectivity index (χ2v) is 6.58. The minimum absolute atomic E-state index is 0.279. The molecule has 0 unspecified atom stereocenters. The molecule has 0 bridgehead atoms. The third kappa shape index (κ3) is 4.89. The predicted octanol–water partition coefficient (Wildman–Crippen LogP) is 4.58. The van der Waals surface area contributed by atoms with Crippen LogP contribution < -0.4 is 4.74 Å². The monoisotopic (exact) mass is 394 g/mol. The van der Waals surface area contributed by atoms with Gasteiger partial charge in [-0.15, -0.1) is 0 Å². The number of rotatable bonds is 7. The number of carbonyl (C=O) groups excluding carboxylic acids is 1. The normalized spacial score (nSPS) is 11.0. The number of ether oxygens (including phenoxy) is 3. The van der Waals surface area contributed by atoms with Crippen LogP contribution in [0.25, 0.3) is 5.57 Å².